The average Bonchev–Trinajstić information content (AvgIpc) is 3.07. The molecule has 1 aliphatic heterocycles. The van der Waals surface area contributed by atoms with E-state index < -0.39 is 89.6 Å². The van der Waals surface area contributed by atoms with E-state index in [9.17, 15) is 39.9 Å². The molecule has 6 nitrogen and oxygen atoms in total. The Balaban J connectivity index is 1.69. The molecule has 1 aliphatic carbocycles. The van der Waals surface area contributed by atoms with Crippen LogP contribution in [0.4, 0.5) is 40.8 Å². The number of aromatic nitrogens is 1. The Hall–Kier alpha value is -3.45. The largest absolute Gasteiger partial charge is 0.461 e. The number of pyridine rings is 1. The van der Waals surface area contributed by atoms with Gasteiger partial charge in [-0.3, -0.25) is 4.79 Å². The van der Waals surface area contributed by atoms with Crippen LogP contribution in [0.5, 0.6) is 0 Å². The number of benzene rings is 1. The minimum absolute atomic E-state index is 0.0794. The number of nitrogens with one attached hydrogen (secondary N) is 1. The third-order valence-electron chi connectivity index (χ3n) is 5.94. The summed E-state index contributed by atoms with van der Waals surface area (Å²) in [5.74, 6) is -8.46. The molecular weight excluding hydrogens is 492 g/mol. The van der Waals surface area contributed by atoms with E-state index in [-0.39, 0.29) is 18.0 Å². The first kappa shape index (κ1) is 24.7. The molecule has 0 saturated heterocycles. The Morgan fingerprint density at radius 2 is 1.89 bits per heavy atom. The highest BCUT2D eigenvalue weighted by molar-refractivity contribution is 6.03. The molecule has 2 unspecified atom stereocenters. The maximum atomic E-state index is 14.8. The van der Waals surface area contributed by atoms with Crippen LogP contribution in [-0.2, 0) is 16.5 Å². The molecule has 1 saturated carbocycles. The summed E-state index contributed by atoms with van der Waals surface area (Å²) in [6.07, 6.45) is -7.54. The average molecular weight is 508 g/mol. The summed E-state index contributed by atoms with van der Waals surface area (Å²) in [5, 5.41) is 2.12. The second kappa shape index (κ2) is 8.34. The van der Waals surface area contributed by atoms with Crippen molar-refractivity contribution in [1.29, 1.82) is 0 Å². The lowest BCUT2D eigenvalue weighted by Gasteiger charge is -2.40. The molecule has 188 valence electrons. The summed E-state index contributed by atoms with van der Waals surface area (Å²) in [4.78, 5) is 19.4. The zero-order chi connectivity index (χ0) is 25.8. The standard InChI is InChI=1S/C21H16F8N4O2/c22-8-20(12-5-19(25,26)6-15(12)35-18(30)33-20)11-4-10(1-2-13(11)23)32-17(34)16-14(24)3-9(7-31-16)21(27,28)29/h1-4,7,12,15H,5-6,8H2,(H2,30,33)(H,32,34)/t12?,15-,20?/m0/s1. The quantitative estimate of drug-likeness (QED) is 0.593. The van der Waals surface area contributed by atoms with E-state index in [1.165, 1.54) is 0 Å². The monoisotopic (exact) mass is 508 g/mol. The van der Waals surface area contributed by atoms with Crippen LogP contribution in [-0.4, -0.2) is 35.6 Å². The number of amides is 1. The Labute approximate surface area is 192 Å². The summed E-state index contributed by atoms with van der Waals surface area (Å²) < 4.78 is 115. The van der Waals surface area contributed by atoms with Crippen molar-refractivity contribution >= 4 is 17.6 Å². The number of carbonyl (C=O) groups is 1. The van der Waals surface area contributed by atoms with E-state index in [0.29, 0.717) is 0 Å². The minimum atomic E-state index is -4.89. The van der Waals surface area contributed by atoms with E-state index in [2.05, 4.69) is 15.3 Å². The summed E-state index contributed by atoms with van der Waals surface area (Å²) in [7, 11) is 0. The van der Waals surface area contributed by atoms with Gasteiger partial charge in [-0.05, 0) is 24.3 Å². The number of nitrogens with two attached hydrogens (primary N) is 1. The molecule has 1 aromatic carbocycles. The Bertz CT molecular complexity index is 1200. The number of anilines is 1. The molecule has 4 rings (SSSR count). The molecule has 3 atom stereocenters. The van der Waals surface area contributed by atoms with Gasteiger partial charge >= 0.3 is 6.18 Å². The second-order valence-corrected chi connectivity index (χ2v) is 8.24. The van der Waals surface area contributed by atoms with Crippen LogP contribution in [0.25, 0.3) is 0 Å². The van der Waals surface area contributed by atoms with Crippen molar-refractivity contribution in [3.63, 3.8) is 0 Å². The number of nitrogens with zero attached hydrogens (tertiary/aromatic N) is 2. The molecule has 2 aromatic rings. The first-order chi connectivity index (χ1) is 16.3. The Morgan fingerprint density at radius 1 is 1.17 bits per heavy atom. The first-order valence-electron chi connectivity index (χ1n) is 10.1. The van der Waals surface area contributed by atoms with Gasteiger partial charge in [0, 0.05) is 36.2 Å². The number of hydrogen-bond donors (Lipinski definition) is 2. The zero-order valence-corrected chi connectivity index (χ0v) is 17.5. The van der Waals surface area contributed by atoms with Crippen LogP contribution in [0.2, 0.25) is 0 Å². The number of halogens is 8. The highest BCUT2D eigenvalue weighted by Gasteiger charge is 2.60. The van der Waals surface area contributed by atoms with Crippen molar-refractivity contribution in [3.8, 4) is 0 Å². The third kappa shape index (κ3) is 4.48. The molecule has 2 heterocycles. The normalized spacial score (nSPS) is 25.4. The molecular formula is C21H16F8N4O2. The lowest BCUT2D eigenvalue weighted by atomic mass is 9.76. The molecule has 0 bridgehead atoms. The van der Waals surface area contributed by atoms with E-state index >= 15 is 0 Å². The number of amidine groups is 1. The van der Waals surface area contributed by atoms with Crippen molar-refractivity contribution in [2.45, 2.75) is 36.6 Å². The van der Waals surface area contributed by atoms with Gasteiger partial charge in [-0.2, -0.15) is 13.2 Å². The second-order valence-electron chi connectivity index (χ2n) is 8.24. The van der Waals surface area contributed by atoms with Gasteiger partial charge in [0.2, 0.25) is 0 Å². The van der Waals surface area contributed by atoms with Crippen molar-refractivity contribution in [2.75, 3.05) is 12.0 Å². The maximum absolute atomic E-state index is 14.8. The summed E-state index contributed by atoms with van der Waals surface area (Å²) in [5.41, 5.74) is 0.192. The number of carbonyl (C=O) groups excluding carboxylic acids is 1. The van der Waals surface area contributed by atoms with Gasteiger partial charge < -0.3 is 15.8 Å². The molecule has 35 heavy (non-hydrogen) atoms. The van der Waals surface area contributed by atoms with Crippen LogP contribution in [0, 0.1) is 17.6 Å². The van der Waals surface area contributed by atoms with Gasteiger partial charge in [0.25, 0.3) is 17.9 Å². The number of ether oxygens (including phenoxy) is 1. The van der Waals surface area contributed by atoms with Gasteiger partial charge in [0.1, 0.15) is 24.1 Å². The number of alkyl halides is 6. The predicted octanol–water partition coefficient (Wildman–Crippen LogP) is 4.55. The van der Waals surface area contributed by atoms with Gasteiger partial charge in [-0.15, -0.1) is 0 Å². The molecule has 1 amide bonds. The van der Waals surface area contributed by atoms with E-state index in [1.807, 2.05) is 0 Å². The molecule has 3 N–H and O–H groups in total. The van der Waals surface area contributed by atoms with Gasteiger partial charge in [-0.25, -0.2) is 31.9 Å². The summed E-state index contributed by atoms with van der Waals surface area (Å²) >= 11 is 0. The lowest BCUT2D eigenvalue weighted by molar-refractivity contribution is -0.138. The Morgan fingerprint density at radius 3 is 2.51 bits per heavy atom. The first-order valence-corrected chi connectivity index (χ1v) is 10.1. The van der Waals surface area contributed by atoms with Crippen LogP contribution in [0.1, 0.15) is 34.5 Å². The smallest absolute Gasteiger partial charge is 0.417 e. The van der Waals surface area contributed by atoms with Crippen molar-refractivity contribution in [1.82, 2.24) is 4.98 Å². The molecule has 14 heteroatoms. The molecule has 1 aromatic heterocycles. The minimum Gasteiger partial charge on any atom is -0.461 e. The highest BCUT2D eigenvalue weighted by Crippen LogP contribution is 2.53. The van der Waals surface area contributed by atoms with Gasteiger partial charge in [0.15, 0.2) is 11.5 Å². The maximum Gasteiger partial charge on any atom is 0.417 e. The molecule has 2 aliphatic rings. The van der Waals surface area contributed by atoms with Crippen LogP contribution >= 0.6 is 0 Å². The summed E-state index contributed by atoms with van der Waals surface area (Å²) in [6.45, 7) is -1.43. The van der Waals surface area contributed by atoms with Crippen LogP contribution < -0.4 is 11.1 Å². The van der Waals surface area contributed by atoms with Crippen molar-refractivity contribution in [2.24, 2.45) is 16.6 Å². The van der Waals surface area contributed by atoms with E-state index in [1.54, 1.807) is 0 Å². The molecule has 0 radical (unpaired) electrons. The number of aliphatic imine (C=N–C) groups is 1. The topological polar surface area (TPSA) is 89.6 Å². The van der Waals surface area contributed by atoms with Gasteiger partial charge in [0.05, 0.1) is 5.56 Å². The molecule has 1 fully saturated rings. The lowest BCUT2D eigenvalue weighted by Crippen LogP contribution is -2.48. The number of rotatable bonds is 4. The fourth-order valence-corrected chi connectivity index (χ4v) is 4.38. The highest BCUT2D eigenvalue weighted by atomic mass is 19.4. The number of hydrogen-bond acceptors (Lipinski definition) is 5. The third-order valence-corrected chi connectivity index (χ3v) is 5.94. The predicted molar refractivity (Wildman–Crippen MR) is 105 cm³/mol. The Kier molecular flexibility index (Phi) is 5.88. The van der Waals surface area contributed by atoms with Crippen LogP contribution in [0.3, 0.4) is 0 Å². The summed E-state index contributed by atoms with van der Waals surface area (Å²) in [6, 6.07) is 2.16. The van der Waals surface area contributed by atoms with Crippen molar-refractivity contribution in [3.05, 3.63) is 58.9 Å². The SMILES string of the molecule is NC1=NC(CF)(c2cc(NC(=O)c3ncc(C(F)(F)F)cc3F)ccc2F)C2CC(F)(F)C[C@@H]2O1. The van der Waals surface area contributed by atoms with Crippen molar-refractivity contribution < 1.29 is 44.7 Å². The van der Waals surface area contributed by atoms with E-state index in [0.717, 1.165) is 18.2 Å². The molecule has 0 spiro atoms. The van der Waals surface area contributed by atoms with Crippen LogP contribution in [0.15, 0.2) is 35.5 Å². The van der Waals surface area contributed by atoms with E-state index in [4.69, 9.17) is 10.5 Å². The zero-order valence-electron chi connectivity index (χ0n) is 17.5. The fourth-order valence-electron chi connectivity index (χ4n) is 4.38. The fraction of sp³-hybridized carbons (Fsp3) is 0.381. The number of fused-ring (bicyclic) bond motifs is 1. The van der Waals surface area contributed by atoms with Gasteiger partial charge in [-0.1, -0.05) is 0 Å².